The van der Waals surface area contributed by atoms with Crippen LogP contribution in [0.2, 0.25) is 0 Å². The van der Waals surface area contributed by atoms with Gasteiger partial charge in [0, 0.05) is 17.3 Å². The highest BCUT2D eigenvalue weighted by Gasteiger charge is 2.34. The molecule has 0 fully saturated rings. The lowest BCUT2D eigenvalue weighted by atomic mass is 10.2. The van der Waals surface area contributed by atoms with E-state index in [1.54, 1.807) is 10.8 Å². The van der Waals surface area contributed by atoms with Gasteiger partial charge in [-0.1, -0.05) is 18.2 Å². The Balaban J connectivity index is 1.92. The largest absolute Gasteiger partial charge is 0.419 e. The lowest BCUT2D eigenvalue weighted by Crippen LogP contribution is -2.10. The van der Waals surface area contributed by atoms with Crippen LogP contribution in [-0.2, 0) is 6.18 Å². The number of hydrogen-bond donors (Lipinski definition) is 1. The van der Waals surface area contributed by atoms with E-state index in [2.05, 4.69) is 11.9 Å². The minimum Gasteiger partial charge on any atom is -0.342 e. The lowest BCUT2D eigenvalue weighted by molar-refractivity contribution is -0.139. The fourth-order valence-corrected chi connectivity index (χ4v) is 2.54. The van der Waals surface area contributed by atoms with E-state index in [-0.39, 0.29) is 5.69 Å². The topological polar surface area (TPSA) is 17.0 Å². The maximum absolute atomic E-state index is 13.3. The first-order chi connectivity index (χ1) is 11.3. The van der Waals surface area contributed by atoms with Gasteiger partial charge in [-0.25, -0.2) is 4.39 Å². The average molecular weight is 334 g/mol. The number of fused-ring (bicyclic) bond motifs is 1. The Morgan fingerprint density at radius 3 is 2.54 bits per heavy atom. The van der Waals surface area contributed by atoms with Crippen molar-refractivity contribution >= 4 is 22.4 Å². The molecule has 0 aliphatic carbocycles. The molecule has 1 heterocycles. The summed E-state index contributed by atoms with van der Waals surface area (Å²) in [7, 11) is 0. The number of nitrogens with zero attached hydrogens (tertiary/aromatic N) is 1. The number of nitrogens with one attached hydrogen (secondary N) is 1. The molecule has 0 spiro atoms. The van der Waals surface area contributed by atoms with E-state index >= 15 is 0 Å². The van der Waals surface area contributed by atoms with E-state index in [9.17, 15) is 17.6 Å². The Morgan fingerprint density at radius 2 is 1.83 bits per heavy atom. The normalized spacial score (nSPS) is 11.7. The summed E-state index contributed by atoms with van der Waals surface area (Å²) in [4.78, 5) is 0. The third kappa shape index (κ3) is 2.99. The Morgan fingerprint density at radius 1 is 1.08 bits per heavy atom. The van der Waals surface area contributed by atoms with Crippen LogP contribution in [0.25, 0.3) is 16.7 Å². The molecule has 0 aliphatic heterocycles. The quantitative estimate of drug-likeness (QED) is 0.613. The third-order valence-electron chi connectivity index (χ3n) is 3.70. The fourth-order valence-electron chi connectivity index (χ4n) is 2.54. The summed E-state index contributed by atoms with van der Waals surface area (Å²) in [5.74, 6) is -0.936. The Kier molecular flexibility index (Phi) is 3.83. The first-order valence-corrected chi connectivity index (χ1v) is 7.16. The van der Waals surface area contributed by atoms with Gasteiger partial charge in [0.25, 0.3) is 0 Å². The molecule has 0 aliphatic rings. The van der Waals surface area contributed by atoms with Gasteiger partial charge in [0.2, 0.25) is 0 Å². The van der Waals surface area contributed by atoms with E-state index in [0.717, 1.165) is 28.6 Å². The molecule has 3 rings (SSSR count). The molecule has 1 aromatic heterocycles. The van der Waals surface area contributed by atoms with Crippen LogP contribution in [0.15, 0.2) is 55.2 Å². The molecule has 0 saturated heterocycles. The van der Waals surface area contributed by atoms with E-state index in [1.165, 1.54) is 6.07 Å². The monoisotopic (exact) mass is 334 g/mol. The molecule has 2 nitrogen and oxygen atoms in total. The molecule has 2 aromatic carbocycles. The van der Waals surface area contributed by atoms with Gasteiger partial charge in [-0.15, -0.1) is 0 Å². The second-order valence-corrected chi connectivity index (χ2v) is 5.51. The predicted octanol–water partition coefficient (Wildman–Crippen LogP) is 5.65. The molecule has 0 saturated carbocycles. The van der Waals surface area contributed by atoms with Crippen LogP contribution in [0, 0.1) is 12.7 Å². The maximum atomic E-state index is 13.3. The van der Waals surface area contributed by atoms with Crippen LogP contribution in [-0.4, -0.2) is 4.57 Å². The van der Waals surface area contributed by atoms with Crippen molar-refractivity contribution in [3.63, 3.8) is 0 Å². The van der Waals surface area contributed by atoms with Gasteiger partial charge < -0.3 is 9.88 Å². The number of anilines is 1. The molecular formula is C18H14F4N2. The van der Waals surface area contributed by atoms with E-state index in [1.807, 2.05) is 31.2 Å². The molecule has 0 amide bonds. The number of aryl methyl sites for hydroxylation is 1. The van der Waals surface area contributed by atoms with Crippen molar-refractivity contribution in [2.45, 2.75) is 13.1 Å². The van der Waals surface area contributed by atoms with E-state index in [4.69, 9.17) is 0 Å². The Labute approximate surface area is 136 Å². The zero-order valence-electron chi connectivity index (χ0n) is 12.8. The molecule has 24 heavy (non-hydrogen) atoms. The second kappa shape index (κ2) is 5.70. The van der Waals surface area contributed by atoms with Gasteiger partial charge in [0.1, 0.15) is 11.6 Å². The van der Waals surface area contributed by atoms with Gasteiger partial charge in [-0.3, -0.25) is 0 Å². The zero-order chi connectivity index (χ0) is 17.5. The number of alkyl halides is 3. The molecule has 0 bridgehead atoms. The average Bonchev–Trinajstić information content (AvgIpc) is 2.91. The predicted molar refractivity (Wildman–Crippen MR) is 87.0 cm³/mol. The fraction of sp³-hybridized carbons (Fsp3) is 0.111. The molecule has 1 N–H and O–H groups in total. The third-order valence-corrected chi connectivity index (χ3v) is 3.70. The standard InChI is InChI=1S/C18H14F4N2/c1-11-3-6-17-13(9-11)7-8-24(17)12(2)23-14-4-5-16(19)15(10-14)18(20,21)22/h3-10,23H,2H2,1H3. The highest BCUT2D eigenvalue weighted by atomic mass is 19.4. The van der Waals surface area contributed by atoms with Crippen LogP contribution in [0.3, 0.4) is 0 Å². The Bertz CT molecular complexity index is 922. The summed E-state index contributed by atoms with van der Waals surface area (Å²) in [5.41, 5.74) is 0.777. The number of hydrogen-bond acceptors (Lipinski definition) is 1. The summed E-state index contributed by atoms with van der Waals surface area (Å²) in [6, 6.07) is 10.5. The highest BCUT2D eigenvalue weighted by molar-refractivity contribution is 5.85. The number of benzene rings is 2. The zero-order valence-corrected chi connectivity index (χ0v) is 12.8. The van der Waals surface area contributed by atoms with Crippen molar-refractivity contribution in [2.75, 3.05) is 5.32 Å². The first kappa shape index (κ1) is 16.1. The molecular weight excluding hydrogens is 320 g/mol. The maximum Gasteiger partial charge on any atom is 0.419 e. The van der Waals surface area contributed by atoms with Gasteiger partial charge in [0.15, 0.2) is 0 Å². The van der Waals surface area contributed by atoms with Gasteiger partial charge >= 0.3 is 6.18 Å². The van der Waals surface area contributed by atoms with Gasteiger partial charge in [-0.05, 0) is 43.3 Å². The minimum atomic E-state index is -4.75. The smallest absolute Gasteiger partial charge is 0.342 e. The van der Waals surface area contributed by atoms with Gasteiger partial charge in [-0.2, -0.15) is 13.2 Å². The summed E-state index contributed by atoms with van der Waals surface area (Å²) in [6.45, 7) is 5.83. The molecule has 0 radical (unpaired) electrons. The van der Waals surface area contributed by atoms with Crippen LogP contribution in [0.5, 0.6) is 0 Å². The summed E-state index contributed by atoms with van der Waals surface area (Å²) in [5, 5.41) is 3.79. The minimum absolute atomic E-state index is 0.114. The molecule has 124 valence electrons. The van der Waals surface area contributed by atoms with E-state index < -0.39 is 17.6 Å². The molecule has 3 aromatic rings. The summed E-state index contributed by atoms with van der Waals surface area (Å²) in [6.07, 6.45) is -2.98. The van der Waals surface area contributed by atoms with Crippen LogP contribution >= 0.6 is 0 Å². The molecule has 6 heteroatoms. The van der Waals surface area contributed by atoms with Crippen molar-refractivity contribution in [1.82, 2.24) is 4.57 Å². The van der Waals surface area contributed by atoms with Crippen molar-refractivity contribution in [3.05, 3.63) is 72.2 Å². The van der Waals surface area contributed by atoms with Crippen LogP contribution in [0.1, 0.15) is 11.1 Å². The summed E-state index contributed by atoms with van der Waals surface area (Å²) < 4.78 is 53.4. The number of halogens is 4. The first-order valence-electron chi connectivity index (χ1n) is 7.16. The van der Waals surface area contributed by atoms with E-state index in [0.29, 0.717) is 5.82 Å². The van der Waals surface area contributed by atoms with Crippen molar-refractivity contribution in [1.29, 1.82) is 0 Å². The van der Waals surface area contributed by atoms with Crippen LogP contribution < -0.4 is 5.32 Å². The summed E-state index contributed by atoms with van der Waals surface area (Å²) >= 11 is 0. The SMILES string of the molecule is C=C(Nc1ccc(F)c(C(F)(F)F)c1)n1ccc2cc(C)ccc21. The molecule has 0 atom stereocenters. The Hall–Kier alpha value is -2.76. The molecule has 0 unspecified atom stereocenters. The second-order valence-electron chi connectivity index (χ2n) is 5.51. The van der Waals surface area contributed by atoms with Crippen molar-refractivity contribution < 1.29 is 17.6 Å². The van der Waals surface area contributed by atoms with Crippen molar-refractivity contribution in [2.24, 2.45) is 0 Å². The van der Waals surface area contributed by atoms with Crippen LogP contribution in [0.4, 0.5) is 23.2 Å². The van der Waals surface area contributed by atoms with Crippen molar-refractivity contribution in [3.8, 4) is 0 Å². The van der Waals surface area contributed by atoms with Gasteiger partial charge in [0.05, 0.1) is 11.1 Å². The lowest BCUT2D eigenvalue weighted by Gasteiger charge is -2.14. The highest BCUT2D eigenvalue weighted by Crippen LogP contribution is 2.33. The number of aromatic nitrogens is 1. The number of rotatable bonds is 3.